The number of aryl methyl sites for hydroxylation is 1. The van der Waals surface area contributed by atoms with Gasteiger partial charge in [-0.1, -0.05) is 61.2 Å². The van der Waals surface area contributed by atoms with Crippen LogP contribution in [0.4, 0.5) is 0 Å². The molecule has 3 atom stereocenters. The van der Waals surface area contributed by atoms with E-state index in [9.17, 15) is 24.3 Å². The fraction of sp³-hybridized carbons (Fsp3) is 0.378. The molecule has 292 valence electrons. The number of amides is 4. The Hall–Kier alpha value is -5.52. The number of phenols is 1. The molecule has 0 bridgehead atoms. The molecule has 56 heavy (non-hydrogen) atoms. The zero-order chi connectivity index (χ0) is 39.2. The number of aromatic hydroxyl groups is 1. The van der Waals surface area contributed by atoms with Crippen molar-refractivity contribution < 1.29 is 29.0 Å². The minimum atomic E-state index is -0.652. The number of rotatable bonds is 13. The number of piperidine rings is 1. The van der Waals surface area contributed by atoms with Crippen molar-refractivity contribution in [2.24, 2.45) is 0 Å². The topological polar surface area (TPSA) is 132 Å². The summed E-state index contributed by atoms with van der Waals surface area (Å²) < 4.78 is 6.20. The van der Waals surface area contributed by atoms with Crippen LogP contribution in [0.2, 0.25) is 0 Å². The van der Waals surface area contributed by atoms with Gasteiger partial charge in [0.15, 0.2) is 0 Å². The minimum Gasteiger partial charge on any atom is -0.508 e. The minimum absolute atomic E-state index is 0.0559. The van der Waals surface area contributed by atoms with Crippen molar-refractivity contribution in [1.82, 2.24) is 25.3 Å². The Morgan fingerprint density at radius 1 is 0.946 bits per heavy atom. The number of nitrogens with zero attached hydrogens (tertiary/aromatic N) is 3. The van der Waals surface area contributed by atoms with Gasteiger partial charge in [-0.25, -0.2) is 0 Å². The third kappa shape index (κ3) is 8.95. The second kappa shape index (κ2) is 17.5. The second-order valence-electron chi connectivity index (χ2n) is 15.2. The summed E-state index contributed by atoms with van der Waals surface area (Å²) in [6, 6.07) is 21.2. The van der Waals surface area contributed by atoms with Crippen LogP contribution in [0.25, 0.3) is 0 Å². The highest BCUT2D eigenvalue weighted by Crippen LogP contribution is 2.47. The van der Waals surface area contributed by atoms with Gasteiger partial charge in [0, 0.05) is 63.7 Å². The molecule has 0 aromatic heterocycles. The standard InChI is InChI=1S/C45H51N5O6/c1-3-36(13-9-30(2)43-37(32-7-5-4-6-8-32)15-11-33-26-35(51)12-16-38(33)43)56-24-23-48-19-21-49(22-20-48)29-42(53)46-27-31-10-14-39-34(25-31)28-50(45(39)55)40-17-18-41(52)47-44(40)54/h3-10,12-14,16,25-26,37,40,43,51H,2,11,15,17-24,27-29H2,1H3,(H,46,53)(H,47,52,54)/b13-9-,36-3+/t37-,40?,43+/m1/s1. The summed E-state index contributed by atoms with van der Waals surface area (Å²) in [7, 11) is 0. The number of carbonyl (C=O) groups is 4. The van der Waals surface area contributed by atoms with Gasteiger partial charge in [-0.3, -0.25) is 34.3 Å². The second-order valence-corrected chi connectivity index (χ2v) is 15.2. The lowest BCUT2D eigenvalue weighted by molar-refractivity contribution is -0.137. The predicted octanol–water partition coefficient (Wildman–Crippen LogP) is 4.93. The maximum absolute atomic E-state index is 13.0. The molecule has 3 aromatic rings. The first-order chi connectivity index (χ1) is 27.2. The number of hydrogen-bond donors (Lipinski definition) is 3. The molecule has 2 saturated heterocycles. The zero-order valence-corrected chi connectivity index (χ0v) is 32.0. The molecule has 11 nitrogen and oxygen atoms in total. The Kier molecular flexibility index (Phi) is 12.1. The molecule has 3 heterocycles. The Morgan fingerprint density at radius 3 is 2.50 bits per heavy atom. The lowest BCUT2D eigenvalue weighted by atomic mass is 9.69. The molecular weight excluding hydrogens is 707 g/mol. The SMILES string of the molecule is C=C(/C=C\C(=C/C)OCCN1CCN(CC(=O)NCc2ccc3c(c2)CN(C2CCC(=O)NC2=O)C3=O)CC1)[C@@H]1c2ccc(O)cc2CC[C@@H]1c1ccccc1. The molecule has 11 heteroatoms. The fourth-order valence-corrected chi connectivity index (χ4v) is 8.51. The van der Waals surface area contributed by atoms with E-state index in [1.165, 1.54) is 21.6 Å². The molecule has 2 fully saturated rings. The lowest BCUT2D eigenvalue weighted by Gasteiger charge is -2.35. The first-order valence-electron chi connectivity index (χ1n) is 19.7. The van der Waals surface area contributed by atoms with Crippen LogP contribution in [0, 0.1) is 0 Å². The summed E-state index contributed by atoms with van der Waals surface area (Å²) in [5, 5.41) is 15.5. The molecule has 0 radical (unpaired) electrons. The third-order valence-electron chi connectivity index (χ3n) is 11.5. The van der Waals surface area contributed by atoms with E-state index >= 15 is 0 Å². The number of hydrogen-bond acceptors (Lipinski definition) is 8. The summed E-state index contributed by atoms with van der Waals surface area (Å²) >= 11 is 0. The van der Waals surface area contributed by atoms with E-state index < -0.39 is 11.9 Å². The monoisotopic (exact) mass is 757 g/mol. The Morgan fingerprint density at radius 2 is 1.73 bits per heavy atom. The van der Waals surface area contributed by atoms with E-state index in [4.69, 9.17) is 4.74 Å². The first-order valence-corrected chi connectivity index (χ1v) is 19.7. The van der Waals surface area contributed by atoms with Gasteiger partial charge in [0.1, 0.15) is 24.2 Å². The van der Waals surface area contributed by atoms with Crippen LogP contribution in [-0.4, -0.2) is 95.4 Å². The highest BCUT2D eigenvalue weighted by atomic mass is 16.5. The number of fused-ring (bicyclic) bond motifs is 2. The van der Waals surface area contributed by atoms with E-state index in [-0.39, 0.29) is 30.1 Å². The number of carbonyl (C=O) groups excluding carboxylic acids is 4. The van der Waals surface area contributed by atoms with Crippen molar-refractivity contribution in [3.63, 3.8) is 0 Å². The van der Waals surface area contributed by atoms with Crippen LogP contribution in [0.5, 0.6) is 5.75 Å². The Bertz CT molecular complexity index is 2040. The van der Waals surface area contributed by atoms with E-state index in [0.29, 0.717) is 49.9 Å². The van der Waals surface area contributed by atoms with Crippen LogP contribution in [0.1, 0.15) is 76.2 Å². The van der Waals surface area contributed by atoms with Gasteiger partial charge in [0.2, 0.25) is 17.7 Å². The summed E-state index contributed by atoms with van der Waals surface area (Å²) in [5.74, 6) is 0.478. The molecule has 3 N–H and O–H groups in total. The Labute approximate surface area is 328 Å². The van der Waals surface area contributed by atoms with Gasteiger partial charge in [-0.05, 0) is 95.8 Å². The van der Waals surface area contributed by atoms with Crippen LogP contribution in [0.15, 0.2) is 103 Å². The molecule has 0 spiro atoms. The van der Waals surface area contributed by atoms with Crippen LogP contribution >= 0.6 is 0 Å². The van der Waals surface area contributed by atoms with Crippen molar-refractivity contribution in [3.8, 4) is 5.75 Å². The molecule has 3 aromatic carbocycles. The normalized spacial score (nSPS) is 21.8. The largest absolute Gasteiger partial charge is 0.508 e. The van der Waals surface area contributed by atoms with E-state index in [1.54, 1.807) is 12.1 Å². The van der Waals surface area contributed by atoms with Gasteiger partial charge in [-0.15, -0.1) is 0 Å². The quantitative estimate of drug-likeness (QED) is 0.127. The summed E-state index contributed by atoms with van der Waals surface area (Å²) in [5.41, 5.74) is 6.96. The number of imide groups is 1. The first kappa shape index (κ1) is 38.7. The molecule has 4 aliphatic rings. The van der Waals surface area contributed by atoms with Gasteiger partial charge in [-0.2, -0.15) is 0 Å². The van der Waals surface area contributed by atoms with Crippen LogP contribution in [-0.2, 0) is 38.6 Å². The van der Waals surface area contributed by atoms with Crippen LogP contribution in [0.3, 0.4) is 0 Å². The predicted molar refractivity (Wildman–Crippen MR) is 214 cm³/mol. The van der Waals surface area contributed by atoms with E-state index in [2.05, 4.69) is 57.4 Å². The molecule has 0 saturated carbocycles. The number of piperazine rings is 1. The molecular formula is C45H51N5O6. The average Bonchev–Trinajstić information content (AvgIpc) is 3.53. The van der Waals surface area contributed by atoms with Gasteiger partial charge in [0.05, 0.1) is 6.54 Å². The number of nitrogens with one attached hydrogen (secondary N) is 2. The van der Waals surface area contributed by atoms with Crippen molar-refractivity contribution in [1.29, 1.82) is 0 Å². The maximum atomic E-state index is 13.0. The molecule has 3 aliphatic heterocycles. The van der Waals surface area contributed by atoms with Gasteiger partial charge in [0.25, 0.3) is 5.91 Å². The molecule has 1 unspecified atom stereocenters. The maximum Gasteiger partial charge on any atom is 0.255 e. The number of allylic oxidation sites excluding steroid dienone is 4. The smallest absolute Gasteiger partial charge is 0.255 e. The van der Waals surface area contributed by atoms with Gasteiger partial charge >= 0.3 is 0 Å². The number of benzene rings is 3. The highest BCUT2D eigenvalue weighted by molar-refractivity contribution is 6.05. The van der Waals surface area contributed by atoms with Crippen molar-refractivity contribution >= 4 is 23.6 Å². The van der Waals surface area contributed by atoms with Crippen molar-refractivity contribution in [2.45, 2.75) is 63.6 Å². The molecule has 7 rings (SSSR count). The average molecular weight is 758 g/mol. The summed E-state index contributed by atoms with van der Waals surface area (Å²) in [6.07, 6.45) is 8.49. The Balaban J connectivity index is 0.833. The fourth-order valence-electron chi connectivity index (χ4n) is 8.51. The lowest BCUT2D eigenvalue weighted by Crippen LogP contribution is -2.52. The van der Waals surface area contributed by atoms with Crippen molar-refractivity contribution in [3.05, 3.63) is 136 Å². The van der Waals surface area contributed by atoms with E-state index in [0.717, 1.165) is 68.0 Å². The van der Waals surface area contributed by atoms with E-state index in [1.807, 2.05) is 49.4 Å². The zero-order valence-electron chi connectivity index (χ0n) is 32.0. The molecule has 1 aliphatic carbocycles. The molecule has 4 amide bonds. The summed E-state index contributed by atoms with van der Waals surface area (Å²) in [6.45, 7) is 12.0. The van der Waals surface area contributed by atoms with Gasteiger partial charge < -0.3 is 20.1 Å². The number of ether oxygens (including phenoxy) is 1. The summed E-state index contributed by atoms with van der Waals surface area (Å²) in [4.78, 5) is 55.8. The third-order valence-corrected chi connectivity index (χ3v) is 11.5. The van der Waals surface area contributed by atoms with Crippen LogP contribution < -0.4 is 10.6 Å². The van der Waals surface area contributed by atoms with Crippen molar-refractivity contribution in [2.75, 3.05) is 45.9 Å². The highest BCUT2D eigenvalue weighted by Gasteiger charge is 2.39. The number of phenolic OH excluding ortho intramolecular Hbond substituents is 1.